The number of carbonyl (C=O) groups is 1. The van der Waals surface area contributed by atoms with Crippen molar-refractivity contribution in [3.8, 4) is 0 Å². The third-order valence-corrected chi connectivity index (χ3v) is 1.53. The van der Waals surface area contributed by atoms with Crippen molar-refractivity contribution < 1.29 is 14.3 Å². The van der Waals surface area contributed by atoms with Gasteiger partial charge in [-0.15, -0.1) is 0 Å². The highest BCUT2D eigenvalue weighted by Gasteiger charge is 2.21. The fourth-order valence-corrected chi connectivity index (χ4v) is 1.00. The molecule has 3 nitrogen and oxygen atoms in total. The molecule has 2 aliphatic rings. The zero-order chi connectivity index (χ0) is 6.97. The van der Waals surface area contributed by atoms with E-state index in [1.807, 2.05) is 0 Å². The van der Waals surface area contributed by atoms with Gasteiger partial charge in [-0.2, -0.15) is 0 Å². The molecule has 0 N–H and O–H groups in total. The number of carbonyl (C=O) groups excluding carboxylic acids is 1. The molecule has 0 fully saturated rings. The van der Waals surface area contributed by atoms with E-state index in [4.69, 9.17) is 9.47 Å². The Kier molecular flexibility index (Phi) is 1.11. The van der Waals surface area contributed by atoms with Crippen LogP contribution in [0.1, 0.15) is 0 Å². The van der Waals surface area contributed by atoms with Crippen LogP contribution in [0.25, 0.3) is 0 Å². The summed E-state index contributed by atoms with van der Waals surface area (Å²) in [6.45, 7) is 0.650. The SMILES string of the molecule is O=C1C=CC2=C1COCO2. The molecular weight excluding hydrogens is 132 g/mol. The zero-order valence-electron chi connectivity index (χ0n) is 5.29. The fraction of sp³-hybridized carbons (Fsp3) is 0.286. The van der Waals surface area contributed by atoms with Crippen molar-refractivity contribution >= 4 is 5.78 Å². The third kappa shape index (κ3) is 0.675. The molecule has 0 spiro atoms. The first kappa shape index (κ1) is 5.68. The predicted octanol–water partition coefficient (Wildman–Crippen LogP) is 0.384. The van der Waals surface area contributed by atoms with E-state index in [-0.39, 0.29) is 12.6 Å². The second-order valence-electron chi connectivity index (χ2n) is 2.15. The van der Waals surface area contributed by atoms with Crippen molar-refractivity contribution in [2.75, 3.05) is 13.4 Å². The van der Waals surface area contributed by atoms with E-state index >= 15 is 0 Å². The van der Waals surface area contributed by atoms with E-state index in [1.165, 1.54) is 6.08 Å². The first-order valence-electron chi connectivity index (χ1n) is 3.04. The maximum atomic E-state index is 10.9. The predicted molar refractivity (Wildman–Crippen MR) is 33.1 cm³/mol. The smallest absolute Gasteiger partial charge is 0.189 e. The second-order valence-corrected chi connectivity index (χ2v) is 2.15. The van der Waals surface area contributed by atoms with Crippen LogP contribution >= 0.6 is 0 Å². The number of ether oxygens (including phenoxy) is 2. The first-order valence-corrected chi connectivity index (χ1v) is 3.04. The van der Waals surface area contributed by atoms with Crippen LogP contribution in [-0.4, -0.2) is 19.2 Å². The fourth-order valence-electron chi connectivity index (χ4n) is 1.00. The van der Waals surface area contributed by atoms with Crippen molar-refractivity contribution in [1.82, 2.24) is 0 Å². The summed E-state index contributed by atoms with van der Waals surface area (Å²) in [5.74, 6) is 0.686. The Morgan fingerprint density at radius 2 is 2.30 bits per heavy atom. The summed E-state index contributed by atoms with van der Waals surface area (Å²) in [5.41, 5.74) is 0.645. The molecule has 0 amide bonds. The Bertz CT molecular complexity index is 229. The van der Waals surface area contributed by atoms with Crippen LogP contribution in [0, 0.1) is 0 Å². The van der Waals surface area contributed by atoms with Gasteiger partial charge in [0, 0.05) is 0 Å². The minimum Gasteiger partial charge on any atom is -0.467 e. The molecule has 0 saturated heterocycles. The number of hydrogen-bond donors (Lipinski definition) is 0. The van der Waals surface area contributed by atoms with Gasteiger partial charge in [-0.05, 0) is 12.2 Å². The Labute approximate surface area is 57.9 Å². The number of ketones is 1. The molecular formula is C7H6O3. The highest BCUT2D eigenvalue weighted by atomic mass is 16.7. The number of allylic oxidation sites excluding steroid dienone is 2. The topological polar surface area (TPSA) is 35.5 Å². The molecule has 2 rings (SSSR count). The molecule has 1 aliphatic heterocycles. The van der Waals surface area contributed by atoms with Gasteiger partial charge in [0.25, 0.3) is 0 Å². The summed E-state index contributed by atoms with van der Waals surface area (Å²) in [6.07, 6.45) is 3.18. The Balaban J connectivity index is 2.36. The molecule has 1 aliphatic carbocycles. The van der Waals surface area contributed by atoms with Crippen LogP contribution in [0.2, 0.25) is 0 Å². The van der Waals surface area contributed by atoms with E-state index in [9.17, 15) is 4.79 Å². The molecule has 0 bridgehead atoms. The van der Waals surface area contributed by atoms with Crippen LogP contribution in [0.3, 0.4) is 0 Å². The molecule has 0 atom stereocenters. The lowest BCUT2D eigenvalue weighted by Gasteiger charge is -2.14. The van der Waals surface area contributed by atoms with Gasteiger partial charge in [0.1, 0.15) is 5.76 Å². The molecule has 0 aromatic heterocycles. The van der Waals surface area contributed by atoms with Crippen molar-refractivity contribution in [3.05, 3.63) is 23.5 Å². The van der Waals surface area contributed by atoms with E-state index in [0.29, 0.717) is 17.9 Å². The van der Waals surface area contributed by atoms with E-state index < -0.39 is 0 Å². The van der Waals surface area contributed by atoms with Crippen LogP contribution in [0.15, 0.2) is 23.5 Å². The Morgan fingerprint density at radius 1 is 1.40 bits per heavy atom. The van der Waals surface area contributed by atoms with Gasteiger partial charge in [-0.3, -0.25) is 4.79 Å². The van der Waals surface area contributed by atoms with E-state index in [1.54, 1.807) is 6.08 Å². The van der Waals surface area contributed by atoms with E-state index in [0.717, 1.165) is 0 Å². The van der Waals surface area contributed by atoms with Crippen LogP contribution < -0.4 is 0 Å². The quantitative estimate of drug-likeness (QED) is 0.485. The Morgan fingerprint density at radius 3 is 3.10 bits per heavy atom. The zero-order valence-corrected chi connectivity index (χ0v) is 5.29. The normalized spacial score (nSPS) is 23.0. The highest BCUT2D eigenvalue weighted by Crippen LogP contribution is 2.20. The van der Waals surface area contributed by atoms with Gasteiger partial charge in [0.15, 0.2) is 12.6 Å². The third-order valence-electron chi connectivity index (χ3n) is 1.53. The lowest BCUT2D eigenvalue weighted by atomic mass is 10.2. The van der Waals surface area contributed by atoms with Crippen molar-refractivity contribution in [3.63, 3.8) is 0 Å². The van der Waals surface area contributed by atoms with Crippen molar-refractivity contribution in [1.29, 1.82) is 0 Å². The molecule has 10 heavy (non-hydrogen) atoms. The summed E-state index contributed by atoms with van der Waals surface area (Å²) < 4.78 is 9.93. The molecule has 52 valence electrons. The van der Waals surface area contributed by atoms with Crippen molar-refractivity contribution in [2.45, 2.75) is 0 Å². The molecule has 0 aromatic carbocycles. The van der Waals surface area contributed by atoms with Gasteiger partial charge >= 0.3 is 0 Å². The molecule has 0 radical (unpaired) electrons. The summed E-state index contributed by atoms with van der Waals surface area (Å²) in [4.78, 5) is 10.9. The lowest BCUT2D eigenvalue weighted by molar-refractivity contribution is -0.113. The number of hydrogen-bond acceptors (Lipinski definition) is 3. The molecule has 0 saturated carbocycles. The van der Waals surface area contributed by atoms with Gasteiger partial charge in [-0.1, -0.05) is 0 Å². The summed E-state index contributed by atoms with van der Waals surface area (Å²) in [6, 6.07) is 0. The minimum absolute atomic E-state index is 0.00898. The average Bonchev–Trinajstić information content (AvgIpc) is 2.34. The van der Waals surface area contributed by atoms with Crippen LogP contribution in [0.4, 0.5) is 0 Å². The average molecular weight is 138 g/mol. The molecule has 3 heteroatoms. The van der Waals surface area contributed by atoms with Gasteiger partial charge in [0.2, 0.25) is 0 Å². The number of rotatable bonds is 0. The van der Waals surface area contributed by atoms with Gasteiger partial charge in [0.05, 0.1) is 12.2 Å². The summed E-state index contributed by atoms with van der Waals surface area (Å²) in [5, 5.41) is 0. The van der Waals surface area contributed by atoms with Gasteiger partial charge < -0.3 is 9.47 Å². The van der Waals surface area contributed by atoms with Crippen LogP contribution in [-0.2, 0) is 14.3 Å². The minimum atomic E-state index is 0.00898. The highest BCUT2D eigenvalue weighted by molar-refractivity contribution is 6.07. The summed E-state index contributed by atoms with van der Waals surface area (Å²) in [7, 11) is 0. The summed E-state index contributed by atoms with van der Waals surface area (Å²) >= 11 is 0. The van der Waals surface area contributed by atoms with E-state index in [2.05, 4.69) is 0 Å². The second kappa shape index (κ2) is 1.95. The maximum Gasteiger partial charge on any atom is 0.189 e. The first-order chi connectivity index (χ1) is 4.88. The maximum absolute atomic E-state index is 10.9. The van der Waals surface area contributed by atoms with Gasteiger partial charge in [-0.25, -0.2) is 0 Å². The molecule has 1 heterocycles. The standard InChI is InChI=1S/C7H6O3/c8-6-1-2-7-5(6)3-9-4-10-7/h1-2H,3-4H2. The molecule has 0 unspecified atom stereocenters. The Hall–Kier alpha value is -1.09. The monoisotopic (exact) mass is 138 g/mol. The largest absolute Gasteiger partial charge is 0.467 e. The van der Waals surface area contributed by atoms with Crippen molar-refractivity contribution in [2.24, 2.45) is 0 Å². The molecule has 0 aromatic rings. The lowest BCUT2D eigenvalue weighted by Crippen LogP contribution is -2.14. The van der Waals surface area contributed by atoms with Crippen LogP contribution in [0.5, 0.6) is 0 Å².